The van der Waals surface area contributed by atoms with Gasteiger partial charge in [-0.1, -0.05) is 66.7 Å². The van der Waals surface area contributed by atoms with Crippen LogP contribution < -0.4 is 14.5 Å². The fraction of sp³-hybridized carbons (Fsp3) is 0.0645. The summed E-state index contributed by atoms with van der Waals surface area (Å²) in [6, 6.07) is 33.8. The largest absolute Gasteiger partial charge is 0.455 e. The van der Waals surface area contributed by atoms with Gasteiger partial charge in [0.2, 0.25) is 0 Å². The van der Waals surface area contributed by atoms with Crippen LogP contribution in [-0.4, -0.2) is 12.5 Å². The van der Waals surface area contributed by atoms with Crippen molar-refractivity contribution in [3.8, 4) is 11.5 Å². The maximum atomic E-state index is 13.7. The maximum Gasteiger partial charge on any atom is 0.258 e. The van der Waals surface area contributed by atoms with E-state index in [9.17, 15) is 4.79 Å². The topological polar surface area (TPSA) is 32.8 Å². The van der Waals surface area contributed by atoms with E-state index >= 15 is 0 Å². The number of benzene rings is 4. The highest BCUT2D eigenvalue weighted by molar-refractivity contribution is 6.07. The minimum Gasteiger partial charge on any atom is -0.455 e. The number of anilines is 2. The first kappa shape index (κ1) is 21.0. The summed E-state index contributed by atoms with van der Waals surface area (Å²) in [7, 11) is 0. The van der Waals surface area contributed by atoms with Crippen LogP contribution in [0.5, 0.6) is 11.5 Å². The van der Waals surface area contributed by atoms with Gasteiger partial charge in [0.1, 0.15) is 5.75 Å². The molecule has 0 spiro atoms. The zero-order chi connectivity index (χ0) is 23.6. The fourth-order valence-corrected chi connectivity index (χ4v) is 4.58. The molecule has 0 atom stereocenters. The number of hydrogen-bond acceptors (Lipinski definition) is 3. The van der Waals surface area contributed by atoms with Crippen LogP contribution in [0.1, 0.15) is 21.5 Å². The summed E-state index contributed by atoms with van der Waals surface area (Å²) in [6.07, 6.45) is 6.29. The van der Waals surface area contributed by atoms with Gasteiger partial charge in [0.15, 0.2) is 5.75 Å². The van der Waals surface area contributed by atoms with Crippen molar-refractivity contribution in [2.75, 3.05) is 16.3 Å². The van der Waals surface area contributed by atoms with E-state index in [4.69, 9.17) is 4.74 Å². The van der Waals surface area contributed by atoms with E-state index in [1.54, 1.807) is 4.90 Å². The molecule has 0 unspecified atom stereocenters. The lowest BCUT2D eigenvalue weighted by Crippen LogP contribution is -2.30. The monoisotopic (exact) mass is 456 g/mol. The number of allylic oxidation sites excluding steroid dienone is 2. The number of fused-ring (bicyclic) bond motifs is 2. The molecule has 4 aromatic carbocycles. The second kappa shape index (κ2) is 8.99. The zero-order valence-electron chi connectivity index (χ0n) is 19.2. The second-order valence-electron chi connectivity index (χ2n) is 8.64. The van der Waals surface area contributed by atoms with Gasteiger partial charge in [-0.2, -0.15) is 0 Å². The molecule has 2 aliphatic heterocycles. The number of hydrogen-bond donors (Lipinski definition) is 0. The highest BCUT2D eigenvalue weighted by atomic mass is 16.5. The number of nitrogens with zero attached hydrogens (tertiary/aromatic N) is 2. The third-order valence-electron chi connectivity index (χ3n) is 6.42. The molecule has 2 aliphatic rings. The molecule has 0 radical (unpaired) electrons. The molecule has 170 valence electrons. The zero-order valence-corrected chi connectivity index (χ0v) is 19.2. The van der Waals surface area contributed by atoms with Gasteiger partial charge in [-0.25, -0.2) is 0 Å². The molecule has 1 amide bonds. The molecule has 35 heavy (non-hydrogen) atoms. The van der Waals surface area contributed by atoms with Crippen molar-refractivity contribution in [2.45, 2.75) is 6.54 Å². The van der Waals surface area contributed by atoms with Crippen LogP contribution in [0.25, 0.3) is 5.57 Å². The molecule has 0 fully saturated rings. The van der Waals surface area contributed by atoms with Crippen molar-refractivity contribution in [2.24, 2.45) is 0 Å². The van der Waals surface area contributed by atoms with Gasteiger partial charge >= 0.3 is 0 Å². The Morgan fingerprint density at radius 3 is 2.26 bits per heavy atom. The molecule has 4 nitrogen and oxygen atoms in total. The van der Waals surface area contributed by atoms with Crippen molar-refractivity contribution in [3.05, 3.63) is 138 Å². The molecule has 0 saturated heterocycles. The van der Waals surface area contributed by atoms with Crippen LogP contribution in [0.4, 0.5) is 11.4 Å². The highest BCUT2D eigenvalue weighted by Crippen LogP contribution is 2.39. The van der Waals surface area contributed by atoms with Gasteiger partial charge in [-0.15, -0.1) is 0 Å². The Morgan fingerprint density at radius 1 is 0.714 bits per heavy atom. The van der Waals surface area contributed by atoms with Crippen LogP contribution >= 0.6 is 0 Å². The molecule has 2 heterocycles. The standard InChI is InChI=1S/C31H24N2O2/c34-31(33-22-26-11-4-6-14-29(26)35-30-15-7-5-13-28(30)33)24-16-18-27(19-17-24)32-20-8-12-25(21-32)23-9-2-1-3-10-23/h1-20H,21-22H2. The summed E-state index contributed by atoms with van der Waals surface area (Å²) < 4.78 is 6.15. The summed E-state index contributed by atoms with van der Waals surface area (Å²) in [5.74, 6) is 1.41. The van der Waals surface area contributed by atoms with E-state index in [1.165, 1.54) is 11.1 Å². The molecule has 0 N–H and O–H groups in total. The Hall–Kier alpha value is -4.57. The van der Waals surface area contributed by atoms with Gasteiger partial charge in [-0.05, 0) is 59.7 Å². The van der Waals surface area contributed by atoms with Gasteiger partial charge in [0.25, 0.3) is 5.91 Å². The van der Waals surface area contributed by atoms with E-state index in [1.807, 2.05) is 78.9 Å². The van der Waals surface area contributed by atoms with Crippen molar-refractivity contribution in [1.29, 1.82) is 0 Å². The van der Waals surface area contributed by atoms with Crippen LogP contribution in [-0.2, 0) is 6.54 Å². The Bertz CT molecular complexity index is 1440. The molecule has 0 aromatic heterocycles. The molecule has 4 aromatic rings. The lowest BCUT2D eigenvalue weighted by atomic mass is 10.0. The number of carbonyl (C=O) groups excluding carboxylic acids is 1. The Balaban J connectivity index is 1.26. The van der Waals surface area contributed by atoms with Crippen molar-refractivity contribution in [1.82, 2.24) is 0 Å². The Labute approximate surface area is 205 Å². The second-order valence-corrected chi connectivity index (χ2v) is 8.64. The number of carbonyl (C=O) groups is 1. The summed E-state index contributed by atoms with van der Waals surface area (Å²) in [5, 5.41) is 0. The average Bonchev–Trinajstić information content (AvgIpc) is 3.10. The molecule has 0 saturated carbocycles. The first-order valence-electron chi connectivity index (χ1n) is 11.7. The number of rotatable bonds is 3. The third kappa shape index (κ3) is 4.11. The summed E-state index contributed by atoms with van der Waals surface area (Å²) in [4.78, 5) is 17.7. The van der Waals surface area contributed by atoms with Gasteiger partial charge in [0.05, 0.1) is 12.2 Å². The summed E-state index contributed by atoms with van der Waals surface area (Å²) in [5.41, 5.74) is 5.91. The molecule has 0 bridgehead atoms. The minimum atomic E-state index is -0.0524. The van der Waals surface area contributed by atoms with E-state index in [2.05, 4.69) is 47.5 Å². The molecular weight excluding hydrogens is 432 g/mol. The van der Waals surface area contributed by atoms with E-state index < -0.39 is 0 Å². The number of para-hydroxylation sites is 3. The Kier molecular flexibility index (Phi) is 5.39. The smallest absolute Gasteiger partial charge is 0.258 e. The normalized spacial score (nSPS) is 14.3. The summed E-state index contributed by atoms with van der Waals surface area (Å²) >= 11 is 0. The SMILES string of the molecule is O=C(c1ccc(N2C=CC=C(c3ccccc3)C2)cc1)N1Cc2ccccc2Oc2ccccc21. The average molecular weight is 457 g/mol. The van der Waals surface area contributed by atoms with E-state index in [0.29, 0.717) is 17.9 Å². The molecular formula is C31H24N2O2. The van der Waals surface area contributed by atoms with Gasteiger partial charge in [0, 0.05) is 29.6 Å². The quantitative estimate of drug-likeness (QED) is 0.331. The van der Waals surface area contributed by atoms with Crippen molar-refractivity contribution in [3.63, 3.8) is 0 Å². The van der Waals surface area contributed by atoms with Gasteiger partial charge < -0.3 is 14.5 Å². The van der Waals surface area contributed by atoms with Crippen LogP contribution in [0.3, 0.4) is 0 Å². The van der Waals surface area contributed by atoms with Crippen molar-refractivity contribution < 1.29 is 9.53 Å². The van der Waals surface area contributed by atoms with Crippen LogP contribution in [0.2, 0.25) is 0 Å². The Morgan fingerprint density at radius 2 is 1.43 bits per heavy atom. The highest BCUT2D eigenvalue weighted by Gasteiger charge is 2.26. The molecule has 6 rings (SSSR count). The first-order chi connectivity index (χ1) is 17.3. The van der Waals surface area contributed by atoms with Crippen LogP contribution in [0.15, 0.2) is 121 Å². The lowest BCUT2D eigenvalue weighted by molar-refractivity contribution is 0.0985. The van der Waals surface area contributed by atoms with Crippen molar-refractivity contribution >= 4 is 22.9 Å². The summed E-state index contributed by atoms with van der Waals surface area (Å²) in [6.45, 7) is 1.23. The molecule has 0 aliphatic carbocycles. The minimum absolute atomic E-state index is 0.0524. The van der Waals surface area contributed by atoms with Gasteiger partial charge in [-0.3, -0.25) is 4.79 Å². The number of ether oxygens (including phenoxy) is 1. The maximum absolute atomic E-state index is 13.7. The third-order valence-corrected chi connectivity index (χ3v) is 6.42. The predicted molar refractivity (Wildman–Crippen MR) is 141 cm³/mol. The first-order valence-corrected chi connectivity index (χ1v) is 11.7. The van der Waals surface area contributed by atoms with Crippen LogP contribution in [0, 0.1) is 0 Å². The fourth-order valence-electron chi connectivity index (χ4n) is 4.58. The van der Waals surface area contributed by atoms with E-state index in [-0.39, 0.29) is 5.91 Å². The lowest BCUT2D eigenvalue weighted by Gasteiger charge is -2.26. The number of amides is 1. The molecule has 4 heteroatoms. The predicted octanol–water partition coefficient (Wildman–Crippen LogP) is 7.06. The van der Waals surface area contributed by atoms with E-state index in [0.717, 1.165) is 29.2 Å².